The van der Waals surface area contributed by atoms with Crippen LogP contribution >= 0.6 is 11.3 Å². The molecule has 0 amide bonds. The van der Waals surface area contributed by atoms with Gasteiger partial charge in [0.25, 0.3) is 0 Å². The summed E-state index contributed by atoms with van der Waals surface area (Å²) in [4.78, 5) is 14.2. The fraction of sp³-hybridized carbons (Fsp3) is 0.786. The summed E-state index contributed by atoms with van der Waals surface area (Å²) < 4.78 is 5.18. The number of nitrogens with zero attached hydrogens (tertiary/aromatic N) is 3. The summed E-state index contributed by atoms with van der Waals surface area (Å²) in [6.45, 7) is 6.90. The maximum absolute atomic E-state index is 12.0. The van der Waals surface area contributed by atoms with Crippen molar-refractivity contribution in [1.29, 1.82) is 0 Å². The molecule has 1 fully saturated rings. The van der Waals surface area contributed by atoms with Gasteiger partial charge in [0.05, 0.1) is 13.2 Å². The van der Waals surface area contributed by atoms with Crippen LogP contribution in [-0.2, 0) is 16.1 Å². The minimum absolute atomic E-state index is 0.106. The van der Waals surface area contributed by atoms with Crippen LogP contribution in [0.5, 0.6) is 0 Å². The lowest BCUT2D eigenvalue weighted by Gasteiger charge is -2.33. The minimum Gasteiger partial charge on any atom is -0.465 e. The first-order chi connectivity index (χ1) is 10.2. The van der Waals surface area contributed by atoms with Gasteiger partial charge in [0.2, 0.25) is 5.13 Å². The van der Waals surface area contributed by atoms with Crippen molar-refractivity contribution in [3.05, 3.63) is 5.01 Å². The van der Waals surface area contributed by atoms with Crippen LogP contribution in [0.1, 0.15) is 44.5 Å². The van der Waals surface area contributed by atoms with Crippen molar-refractivity contribution in [2.45, 2.75) is 52.1 Å². The molecule has 1 aliphatic rings. The van der Waals surface area contributed by atoms with E-state index >= 15 is 0 Å². The SMILES string of the molecule is CCCNc1nnc(CN2CCCCC2C(=O)OCC)s1. The van der Waals surface area contributed by atoms with E-state index in [2.05, 4.69) is 27.3 Å². The smallest absolute Gasteiger partial charge is 0.323 e. The maximum atomic E-state index is 12.0. The number of likely N-dealkylation sites (tertiary alicyclic amines) is 1. The largest absolute Gasteiger partial charge is 0.465 e. The maximum Gasteiger partial charge on any atom is 0.323 e. The molecule has 7 heteroatoms. The summed E-state index contributed by atoms with van der Waals surface area (Å²) in [5.41, 5.74) is 0. The molecule has 0 radical (unpaired) electrons. The molecule has 1 aliphatic heterocycles. The van der Waals surface area contributed by atoms with Gasteiger partial charge in [-0.25, -0.2) is 0 Å². The summed E-state index contributed by atoms with van der Waals surface area (Å²) in [7, 11) is 0. The summed E-state index contributed by atoms with van der Waals surface area (Å²) >= 11 is 1.57. The average Bonchev–Trinajstić information content (AvgIpc) is 2.93. The number of esters is 1. The standard InChI is InChI=1S/C14H24N4O2S/c1-3-8-15-14-17-16-12(21-14)10-18-9-6-5-7-11(18)13(19)20-4-2/h11H,3-10H2,1-2H3,(H,15,17). The first kappa shape index (κ1) is 16.2. The van der Waals surface area contributed by atoms with Gasteiger partial charge >= 0.3 is 5.97 Å². The fourth-order valence-corrected chi connectivity index (χ4v) is 3.27. The third-order valence-electron chi connectivity index (χ3n) is 3.50. The van der Waals surface area contributed by atoms with E-state index in [4.69, 9.17) is 4.74 Å². The Hall–Kier alpha value is -1.21. The molecule has 0 aromatic carbocycles. The van der Waals surface area contributed by atoms with Gasteiger partial charge in [-0.15, -0.1) is 10.2 Å². The van der Waals surface area contributed by atoms with Gasteiger partial charge in [-0.2, -0.15) is 0 Å². The van der Waals surface area contributed by atoms with Gasteiger partial charge in [0, 0.05) is 6.54 Å². The van der Waals surface area contributed by atoms with E-state index in [0.717, 1.165) is 48.9 Å². The Balaban J connectivity index is 1.95. The van der Waals surface area contributed by atoms with Gasteiger partial charge in [-0.1, -0.05) is 24.7 Å². The molecule has 6 nitrogen and oxygen atoms in total. The molecule has 0 saturated carbocycles. The van der Waals surface area contributed by atoms with Crippen LogP contribution < -0.4 is 5.32 Å². The van der Waals surface area contributed by atoms with Gasteiger partial charge < -0.3 is 10.1 Å². The highest BCUT2D eigenvalue weighted by Crippen LogP contribution is 2.23. The topological polar surface area (TPSA) is 67.4 Å². The van der Waals surface area contributed by atoms with Crippen molar-refractivity contribution in [3.63, 3.8) is 0 Å². The Morgan fingerprint density at radius 3 is 3.05 bits per heavy atom. The number of hydrogen-bond donors (Lipinski definition) is 1. The number of ether oxygens (including phenoxy) is 1. The predicted octanol–water partition coefficient (Wildman–Crippen LogP) is 2.28. The Kier molecular flexibility index (Phi) is 6.38. The number of hydrogen-bond acceptors (Lipinski definition) is 7. The number of rotatable bonds is 7. The number of piperidine rings is 1. The molecule has 1 saturated heterocycles. The van der Waals surface area contributed by atoms with Crippen molar-refractivity contribution in [2.75, 3.05) is 25.0 Å². The first-order valence-corrected chi connectivity index (χ1v) is 8.53. The lowest BCUT2D eigenvalue weighted by molar-refractivity contribution is -0.151. The molecule has 0 bridgehead atoms. The van der Waals surface area contributed by atoms with E-state index in [0.29, 0.717) is 13.2 Å². The average molecular weight is 312 g/mol. The van der Waals surface area contributed by atoms with Crippen LogP contribution in [0, 0.1) is 0 Å². The number of nitrogens with one attached hydrogen (secondary N) is 1. The van der Waals surface area contributed by atoms with Crippen LogP contribution in [0.25, 0.3) is 0 Å². The molecule has 2 heterocycles. The van der Waals surface area contributed by atoms with Crippen LogP contribution in [-0.4, -0.2) is 46.8 Å². The molecule has 0 aliphatic carbocycles. The number of carbonyl (C=O) groups excluding carboxylic acids is 1. The van der Waals surface area contributed by atoms with Crippen molar-refractivity contribution < 1.29 is 9.53 Å². The van der Waals surface area contributed by atoms with Gasteiger partial charge in [0.1, 0.15) is 11.0 Å². The molecule has 1 unspecified atom stereocenters. The third kappa shape index (κ3) is 4.64. The summed E-state index contributed by atoms with van der Waals surface area (Å²) in [5, 5.41) is 13.4. The zero-order valence-electron chi connectivity index (χ0n) is 12.8. The Morgan fingerprint density at radius 2 is 2.29 bits per heavy atom. The molecule has 1 N–H and O–H groups in total. The molecule has 1 aromatic heterocycles. The number of aromatic nitrogens is 2. The zero-order chi connectivity index (χ0) is 15.1. The Labute approximate surface area is 129 Å². The van der Waals surface area contributed by atoms with Gasteiger partial charge in [-0.05, 0) is 32.7 Å². The van der Waals surface area contributed by atoms with E-state index in [1.54, 1.807) is 11.3 Å². The van der Waals surface area contributed by atoms with E-state index in [-0.39, 0.29) is 12.0 Å². The second-order valence-corrected chi connectivity index (χ2v) is 6.22. The fourth-order valence-electron chi connectivity index (χ4n) is 2.48. The van der Waals surface area contributed by atoms with Crippen LogP contribution in [0.4, 0.5) is 5.13 Å². The second kappa shape index (κ2) is 8.29. The van der Waals surface area contributed by atoms with Gasteiger partial charge in [-0.3, -0.25) is 9.69 Å². The molecule has 0 spiro atoms. The molecule has 118 valence electrons. The summed E-state index contributed by atoms with van der Waals surface area (Å²) in [6, 6.07) is -0.130. The highest BCUT2D eigenvalue weighted by molar-refractivity contribution is 7.15. The molecular formula is C14H24N4O2S. The van der Waals surface area contributed by atoms with Crippen molar-refractivity contribution >= 4 is 22.4 Å². The third-order valence-corrected chi connectivity index (χ3v) is 4.37. The lowest BCUT2D eigenvalue weighted by atomic mass is 10.0. The lowest BCUT2D eigenvalue weighted by Crippen LogP contribution is -2.44. The van der Waals surface area contributed by atoms with E-state index in [1.165, 1.54) is 0 Å². The second-order valence-electron chi connectivity index (χ2n) is 5.16. The first-order valence-electron chi connectivity index (χ1n) is 7.71. The molecule has 1 aromatic rings. The van der Waals surface area contributed by atoms with Crippen LogP contribution in [0.2, 0.25) is 0 Å². The van der Waals surface area contributed by atoms with E-state index in [1.807, 2.05) is 6.92 Å². The number of carbonyl (C=O) groups is 1. The molecule has 21 heavy (non-hydrogen) atoms. The van der Waals surface area contributed by atoms with E-state index < -0.39 is 0 Å². The molecule has 1 atom stereocenters. The normalized spacial score (nSPS) is 19.4. The van der Waals surface area contributed by atoms with Crippen molar-refractivity contribution in [2.24, 2.45) is 0 Å². The van der Waals surface area contributed by atoms with Gasteiger partial charge in [0.15, 0.2) is 0 Å². The Morgan fingerprint density at radius 1 is 1.43 bits per heavy atom. The monoisotopic (exact) mass is 312 g/mol. The van der Waals surface area contributed by atoms with E-state index in [9.17, 15) is 4.79 Å². The number of anilines is 1. The van der Waals surface area contributed by atoms with Crippen molar-refractivity contribution in [3.8, 4) is 0 Å². The van der Waals surface area contributed by atoms with Crippen LogP contribution in [0.15, 0.2) is 0 Å². The zero-order valence-corrected chi connectivity index (χ0v) is 13.6. The van der Waals surface area contributed by atoms with Crippen LogP contribution in [0.3, 0.4) is 0 Å². The van der Waals surface area contributed by atoms with Crippen molar-refractivity contribution in [1.82, 2.24) is 15.1 Å². The predicted molar refractivity (Wildman–Crippen MR) is 83.4 cm³/mol. The minimum atomic E-state index is -0.130. The highest BCUT2D eigenvalue weighted by atomic mass is 32.1. The quantitative estimate of drug-likeness (QED) is 0.779. The molecule has 2 rings (SSSR count). The highest BCUT2D eigenvalue weighted by Gasteiger charge is 2.30. The summed E-state index contributed by atoms with van der Waals surface area (Å²) in [5.74, 6) is -0.106. The molecular weight excluding hydrogens is 288 g/mol. The Bertz CT molecular complexity index is 452. The summed E-state index contributed by atoms with van der Waals surface area (Å²) in [6.07, 6.45) is 4.14.